The molecule has 0 fully saturated rings. The highest BCUT2D eigenvalue weighted by molar-refractivity contribution is 7.89. The third-order valence-electron chi connectivity index (χ3n) is 3.30. The molecule has 0 spiro atoms. The fourth-order valence-corrected chi connectivity index (χ4v) is 2.88. The van der Waals surface area contributed by atoms with Gasteiger partial charge in [-0.1, -0.05) is 13.8 Å². The summed E-state index contributed by atoms with van der Waals surface area (Å²) in [7, 11) is -3.93. The van der Waals surface area contributed by atoms with E-state index in [0.717, 1.165) is 6.42 Å². The highest BCUT2D eigenvalue weighted by Gasteiger charge is 2.16. The van der Waals surface area contributed by atoms with Gasteiger partial charge in [0.15, 0.2) is 6.61 Å². The Morgan fingerprint density at radius 1 is 1.11 bits per heavy atom. The summed E-state index contributed by atoms with van der Waals surface area (Å²) in [6, 6.07) is 5.44. The Balaban J connectivity index is 2.43. The summed E-state index contributed by atoms with van der Waals surface area (Å²) in [4.78, 5) is 34.0. The minimum atomic E-state index is -3.93. The number of carbonyl (C=O) groups is 3. The lowest BCUT2D eigenvalue weighted by atomic mass is 10.1. The molecule has 2 amide bonds. The zero-order valence-corrected chi connectivity index (χ0v) is 16.4. The van der Waals surface area contributed by atoms with Crippen LogP contribution in [0.3, 0.4) is 0 Å². The van der Waals surface area contributed by atoms with Gasteiger partial charge in [-0.3, -0.25) is 14.4 Å². The van der Waals surface area contributed by atoms with Crippen molar-refractivity contribution in [2.45, 2.75) is 32.1 Å². The number of sulfonamides is 1. The van der Waals surface area contributed by atoms with Gasteiger partial charge in [0.25, 0.3) is 5.91 Å². The SMILES string of the molecule is CC(=O)Nc1ccc(S(=O)(=O)NCC(=O)OCC(=O)NCCC(C)C)cc1. The van der Waals surface area contributed by atoms with Crippen LogP contribution in [-0.4, -0.2) is 45.9 Å². The molecule has 0 aromatic heterocycles. The predicted molar refractivity (Wildman–Crippen MR) is 99.4 cm³/mol. The van der Waals surface area contributed by atoms with E-state index < -0.39 is 35.1 Å². The highest BCUT2D eigenvalue weighted by Crippen LogP contribution is 2.13. The Morgan fingerprint density at radius 3 is 2.30 bits per heavy atom. The molecule has 0 aliphatic rings. The van der Waals surface area contributed by atoms with E-state index in [-0.39, 0.29) is 10.8 Å². The van der Waals surface area contributed by atoms with Gasteiger partial charge in [-0.05, 0) is 36.6 Å². The van der Waals surface area contributed by atoms with Crippen molar-refractivity contribution in [1.29, 1.82) is 0 Å². The van der Waals surface area contributed by atoms with Crippen LogP contribution in [0.5, 0.6) is 0 Å². The van der Waals surface area contributed by atoms with Crippen LogP contribution in [0, 0.1) is 5.92 Å². The quantitative estimate of drug-likeness (QED) is 0.495. The van der Waals surface area contributed by atoms with Crippen molar-refractivity contribution in [3.63, 3.8) is 0 Å². The lowest BCUT2D eigenvalue weighted by Crippen LogP contribution is -2.34. The average molecular weight is 399 g/mol. The van der Waals surface area contributed by atoms with E-state index in [1.165, 1.54) is 31.2 Å². The summed E-state index contributed by atoms with van der Waals surface area (Å²) in [6.07, 6.45) is 0.806. The minimum Gasteiger partial charge on any atom is -0.455 e. The van der Waals surface area contributed by atoms with Gasteiger partial charge in [0.2, 0.25) is 15.9 Å². The molecule has 1 aromatic rings. The fraction of sp³-hybridized carbons (Fsp3) is 0.471. The van der Waals surface area contributed by atoms with Gasteiger partial charge in [0, 0.05) is 19.2 Å². The first-order chi connectivity index (χ1) is 12.6. The maximum atomic E-state index is 12.1. The average Bonchev–Trinajstić information content (AvgIpc) is 2.58. The summed E-state index contributed by atoms with van der Waals surface area (Å²) in [5, 5.41) is 5.12. The van der Waals surface area contributed by atoms with Gasteiger partial charge < -0.3 is 15.4 Å². The van der Waals surface area contributed by atoms with Crippen LogP contribution in [0.15, 0.2) is 29.2 Å². The number of nitrogens with one attached hydrogen (secondary N) is 3. The summed E-state index contributed by atoms with van der Waals surface area (Å²) in [5.41, 5.74) is 0.448. The molecule has 0 atom stereocenters. The number of amides is 2. The summed E-state index contributed by atoms with van der Waals surface area (Å²) in [6.45, 7) is 4.79. The second kappa shape index (κ2) is 10.6. The van der Waals surface area contributed by atoms with Gasteiger partial charge >= 0.3 is 5.97 Å². The van der Waals surface area contributed by atoms with Crippen molar-refractivity contribution in [3.8, 4) is 0 Å². The normalized spacial score (nSPS) is 11.1. The molecule has 0 aliphatic heterocycles. The number of hydrogen-bond donors (Lipinski definition) is 3. The van der Waals surface area contributed by atoms with Gasteiger partial charge in [-0.25, -0.2) is 8.42 Å². The Morgan fingerprint density at radius 2 is 1.74 bits per heavy atom. The van der Waals surface area contributed by atoms with Crippen molar-refractivity contribution in [2.24, 2.45) is 5.92 Å². The molecule has 0 unspecified atom stereocenters. The summed E-state index contributed by atoms with van der Waals surface area (Å²) < 4.78 is 31.1. The highest BCUT2D eigenvalue weighted by atomic mass is 32.2. The predicted octanol–water partition coefficient (Wildman–Crippen LogP) is 0.629. The van der Waals surface area contributed by atoms with E-state index in [2.05, 4.69) is 15.4 Å². The molecule has 0 aliphatic carbocycles. The van der Waals surface area contributed by atoms with Gasteiger partial charge in [0.05, 0.1) is 4.90 Å². The van der Waals surface area contributed by atoms with Crippen molar-refractivity contribution in [1.82, 2.24) is 10.0 Å². The van der Waals surface area contributed by atoms with Crippen LogP contribution in [0.1, 0.15) is 27.2 Å². The standard InChI is InChI=1S/C17H25N3O6S/c1-12(2)8-9-18-16(22)11-26-17(23)10-19-27(24,25)15-6-4-14(5-7-15)20-13(3)21/h4-7,12,19H,8-11H2,1-3H3,(H,18,22)(H,20,21). The van der Waals surface area contributed by atoms with Gasteiger partial charge in [-0.2, -0.15) is 4.72 Å². The van der Waals surface area contributed by atoms with Crippen LogP contribution in [-0.2, 0) is 29.1 Å². The number of carbonyl (C=O) groups excluding carboxylic acids is 3. The second-order valence-corrected chi connectivity index (χ2v) is 7.99. The number of hydrogen-bond acceptors (Lipinski definition) is 6. The molecule has 0 bridgehead atoms. The Bertz CT molecular complexity index is 759. The molecular formula is C17H25N3O6S. The largest absolute Gasteiger partial charge is 0.455 e. The lowest BCUT2D eigenvalue weighted by Gasteiger charge is -2.09. The zero-order chi connectivity index (χ0) is 20.4. The van der Waals surface area contributed by atoms with Crippen LogP contribution >= 0.6 is 0 Å². The summed E-state index contributed by atoms with van der Waals surface area (Å²) >= 11 is 0. The summed E-state index contributed by atoms with van der Waals surface area (Å²) in [5.74, 6) is -1.15. The molecule has 0 saturated carbocycles. The second-order valence-electron chi connectivity index (χ2n) is 6.22. The topological polar surface area (TPSA) is 131 Å². The fourth-order valence-electron chi connectivity index (χ4n) is 1.91. The lowest BCUT2D eigenvalue weighted by molar-refractivity contribution is -0.147. The maximum Gasteiger partial charge on any atom is 0.321 e. The number of ether oxygens (including phenoxy) is 1. The number of esters is 1. The van der Waals surface area contributed by atoms with Crippen molar-refractivity contribution < 1.29 is 27.5 Å². The zero-order valence-electron chi connectivity index (χ0n) is 15.6. The van der Waals surface area contributed by atoms with Gasteiger partial charge in [-0.15, -0.1) is 0 Å². The van der Waals surface area contributed by atoms with Crippen molar-refractivity contribution in [3.05, 3.63) is 24.3 Å². The third kappa shape index (κ3) is 9.15. The maximum absolute atomic E-state index is 12.1. The molecule has 3 N–H and O–H groups in total. The molecule has 9 nitrogen and oxygen atoms in total. The molecular weight excluding hydrogens is 374 g/mol. The number of anilines is 1. The number of rotatable bonds is 10. The van der Waals surface area contributed by atoms with Crippen molar-refractivity contribution in [2.75, 3.05) is 25.0 Å². The molecule has 1 aromatic carbocycles. The first-order valence-corrected chi connectivity index (χ1v) is 9.88. The Kier molecular flexibility index (Phi) is 8.89. The molecule has 0 radical (unpaired) electrons. The van der Waals surface area contributed by atoms with Crippen LogP contribution in [0.25, 0.3) is 0 Å². The molecule has 0 saturated heterocycles. The Labute approximate surface area is 158 Å². The molecule has 10 heteroatoms. The molecule has 0 heterocycles. The van der Waals surface area contributed by atoms with Crippen molar-refractivity contribution >= 4 is 33.5 Å². The molecule has 1 rings (SSSR count). The van der Waals surface area contributed by atoms with E-state index in [1.807, 2.05) is 13.8 Å². The van der Waals surface area contributed by atoms with Gasteiger partial charge in [0.1, 0.15) is 6.54 Å². The van der Waals surface area contributed by atoms with Crippen LogP contribution < -0.4 is 15.4 Å². The van der Waals surface area contributed by atoms with Crippen LogP contribution in [0.4, 0.5) is 5.69 Å². The van der Waals surface area contributed by atoms with Crippen LogP contribution in [0.2, 0.25) is 0 Å². The third-order valence-corrected chi connectivity index (χ3v) is 4.72. The Hall–Kier alpha value is -2.46. The first-order valence-electron chi connectivity index (χ1n) is 8.40. The first kappa shape index (κ1) is 22.6. The van der Waals surface area contributed by atoms with E-state index in [1.54, 1.807) is 0 Å². The minimum absolute atomic E-state index is 0.0733. The van der Waals surface area contributed by atoms with E-state index in [0.29, 0.717) is 18.2 Å². The number of benzene rings is 1. The van der Waals surface area contributed by atoms with E-state index in [9.17, 15) is 22.8 Å². The molecule has 27 heavy (non-hydrogen) atoms. The van der Waals surface area contributed by atoms with E-state index >= 15 is 0 Å². The van der Waals surface area contributed by atoms with E-state index in [4.69, 9.17) is 4.74 Å². The monoisotopic (exact) mass is 399 g/mol. The smallest absolute Gasteiger partial charge is 0.321 e. The molecule has 150 valence electrons.